The summed E-state index contributed by atoms with van der Waals surface area (Å²) >= 11 is 0. The molecule has 7 nitrogen and oxygen atoms in total. The Morgan fingerprint density at radius 2 is 1.63 bits per heavy atom. The number of hydrogen-bond donors (Lipinski definition) is 1. The maximum atomic E-state index is 12.6. The SMILES string of the molecule is Cc1ccc(N(Cc2ccc(C(=O)NCc3ccc(-n4ccnc4)cc3)cc2)S(C)(=O)=O)cc1C. The number of carbonyl (C=O) groups excluding carboxylic acids is 1. The average Bonchev–Trinajstić information content (AvgIpc) is 3.38. The number of anilines is 1. The zero-order chi connectivity index (χ0) is 25.0. The van der Waals surface area contributed by atoms with E-state index in [1.807, 2.05) is 67.1 Å². The summed E-state index contributed by atoms with van der Waals surface area (Å²) in [6.45, 7) is 4.54. The molecule has 4 aromatic rings. The standard InChI is InChI=1S/C27H28N4O3S/c1-20-4-11-26(16-21(20)2)31(35(3,33)34)18-23-5-9-24(10-6-23)27(32)29-17-22-7-12-25(13-8-22)30-15-14-28-19-30/h4-16,19H,17-18H2,1-3H3,(H,29,32). The minimum atomic E-state index is -3.48. The van der Waals surface area contributed by atoms with Crippen LogP contribution in [0.4, 0.5) is 5.69 Å². The van der Waals surface area contributed by atoms with Crippen LogP contribution < -0.4 is 9.62 Å². The van der Waals surface area contributed by atoms with Crippen molar-refractivity contribution in [3.63, 3.8) is 0 Å². The minimum Gasteiger partial charge on any atom is -0.348 e. The topological polar surface area (TPSA) is 84.3 Å². The molecule has 0 saturated heterocycles. The molecule has 1 amide bonds. The fraction of sp³-hybridized carbons (Fsp3) is 0.185. The lowest BCUT2D eigenvalue weighted by atomic mass is 10.1. The highest BCUT2D eigenvalue weighted by Gasteiger charge is 2.18. The maximum absolute atomic E-state index is 12.6. The summed E-state index contributed by atoms with van der Waals surface area (Å²) in [5, 5.41) is 2.93. The molecule has 35 heavy (non-hydrogen) atoms. The highest BCUT2D eigenvalue weighted by molar-refractivity contribution is 7.92. The molecule has 0 spiro atoms. The van der Waals surface area contributed by atoms with Gasteiger partial charge >= 0.3 is 0 Å². The van der Waals surface area contributed by atoms with Gasteiger partial charge in [0.25, 0.3) is 5.91 Å². The first-order valence-corrected chi connectivity index (χ1v) is 13.0. The second-order valence-electron chi connectivity index (χ2n) is 8.55. The van der Waals surface area contributed by atoms with Crippen LogP contribution in [0.25, 0.3) is 5.69 Å². The van der Waals surface area contributed by atoms with E-state index in [9.17, 15) is 13.2 Å². The second-order valence-corrected chi connectivity index (χ2v) is 10.5. The lowest BCUT2D eigenvalue weighted by Crippen LogP contribution is -2.29. The molecule has 1 aromatic heterocycles. The number of sulfonamides is 1. The predicted molar refractivity (Wildman–Crippen MR) is 138 cm³/mol. The van der Waals surface area contributed by atoms with Crippen LogP contribution >= 0.6 is 0 Å². The fourth-order valence-electron chi connectivity index (χ4n) is 3.69. The van der Waals surface area contributed by atoms with Gasteiger partial charge in [-0.2, -0.15) is 0 Å². The molecule has 1 N–H and O–H groups in total. The van der Waals surface area contributed by atoms with E-state index in [-0.39, 0.29) is 12.5 Å². The Labute approximate surface area is 206 Å². The number of rotatable bonds is 8. The molecule has 1 heterocycles. The van der Waals surface area contributed by atoms with Crippen molar-refractivity contribution >= 4 is 21.6 Å². The van der Waals surface area contributed by atoms with E-state index >= 15 is 0 Å². The first kappa shape index (κ1) is 24.2. The van der Waals surface area contributed by atoms with Gasteiger partial charge in [0, 0.05) is 30.2 Å². The number of imidazole rings is 1. The summed E-state index contributed by atoms with van der Waals surface area (Å²) < 4.78 is 28.2. The number of benzene rings is 3. The van der Waals surface area contributed by atoms with Crippen LogP contribution in [-0.2, 0) is 23.1 Å². The average molecular weight is 489 g/mol. The number of carbonyl (C=O) groups is 1. The molecule has 0 bridgehead atoms. The van der Waals surface area contributed by atoms with Crippen LogP contribution in [0, 0.1) is 13.8 Å². The zero-order valence-electron chi connectivity index (χ0n) is 20.0. The van der Waals surface area contributed by atoms with Crippen molar-refractivity contribution in [3.8, 4) is 5.69 Å². The highest BCUT2D eigenvalue weighted by atomic mass is 32.2. The molecular formula is C27H28N4O3S. The summed E-state index contributed by atoms with van der Waals surface area (Å²) in [6, 6.07) is 20.5. The Kier molecular flexibility index (Phi) is 7.02. The third-order valence-electron chi connectivity index (χ3n) is 5.91. The van der Waals surface area contributed by atoms with E-state index in [2.05, 4.69) is 10.3 Å². The van der Waals surface area contributed by atoms with Crippen LogP contribution in [0.2, 0.25) is 0 Å². The normalized spacial score (nSPS) is 11.3. The molecule has 0 atom stereocenters. The number of nitrogens with one attached hydrogen (secondary N) is 1. The van der Waals surface area contributed by atoms with Gasteiger partial charge in [0.15, 0.2) is 0 Å². The number of nitrogens with zero attached hydrogens (tertiary/aromatic N) is 3. The molecule has 0 saturated carbocycles. The van der Waals surface area contributed by atoms with Crippen molar-refractivity contribution in [2.24, 2.45) is 0 Å². The van der Waals surface area contributed by atoms with Gasteiger partial charge in [-0.05, 0) is 72.5 Å². The lowest BCUT2D eigenvalue weighted by molar-refractivity contribution is 0.0951. The Morgan fingerprint density at radius 3 is 2.23 bits per heavy atom. The Bertz CT molecular complexity index is 1410. The van der Waals surface area contributed by atoms with Gasteiger partial charge in [-0.15, -0.1) is 0 Å². The number of aryl methyl sites for hydroxylation is 2. The first-order valence-electron chi connectivity index (χ1n) is 11.2. The molecule has 4 rings (SSSR count). The first-order chi connectivity index (χ1) is 16.7. The summed E-state index contributed by atoms with van der Waals surface area (Å²) in [5.41, 5.74) is 6.04. The number of amides is 1. The van der Waals surface area contributed by atoms with Crippen molar-refractivity contribution in [1.82, 2.24) is 14.9 Å². The molecule has 0 unspecified atom stereocenters. The molecule has 8 heteroatoms. The molecule has 0 aliphatic rings. The largest absolute Gasteiger partial charge is 0.348 e. The number of hydrogen-bond acceptors (Lipinski definition) is 4. The zero-order valence-corrected chi connectivity index (χ0v) is 20.8. The van der Waals surface area contributed by atoms with Gasteiger partial charge in [0.1, 0.15) is 0 Å². The Hall–Kier alpha value is -3.91. The molecule has 0 aliphatic carbocycles. The van der Waals surface area contributed by atoms with Crippen molar-refractivity contribution in [2.75, 3.05) is 10.6 Å². The predicted octanol–water partition coefficient (Wildman–Crippen LogP) is 4.39. The molecule has 3 aromatic carbocycles. The third-order valence-corrected chi connectivity index (χ3v) is 7.05. The highest BCUT2D eigenvalue weighted by Crippen LogP contribution is 2.23. The number of aromatic nitrogens is 2. The summed E-state index contributed by atoms with van der Waals surface area (Å²) in [7, 11) is -3.48. The van der Waals surface area contributed by atoms with Gasteiger partial charge in [-0.25, -0.2) is 13.4 Å². The van der Waals surface area contributed by atoms with E-state index in [1.165, 1.54) is 10.6 Å². The Morgan fingerprint density at radius 1 is 0.943 bits per heavy atom. The van der Waals surface area contributed by atoms with E-state index in [4.69, 9.17) is 0 Å². The van der Waals surface area contributed by atoms with Crippen LogP contribution in [0.5, 0.6) is 0 Å². The van der Waals surface area contributed by atoms with Gasteiger partial charge in [-0.1, -0.05) is 30.3 Å². The van der Waals surface area contributed by atoms with E-state index in [0.717, 1.165) is 27.9 Å². The van der Waals surface area contributed by atoms with E-state index < -0.39 is 10.0 Å². The van der Waals surface area contributed by atoms with E-state index in [1.54, 1.807) is 36.8 Å². The molecule has 0 fully saturated rings. The van der Waals surface area contributed by atoms with Crippen molar-refractivity contribution in [1.29, 1.82) is 0 Å². The lowest BCUT2D eigenvalue weighted by Gasteiger charge is -2.23. The van der Waals surface area contributed by atoms with Crippen LogP contribution in [0.15, 0.2) is 85.5 Å². The van der Waals surface area contributed by atoms with Gasteiger partial charge in [0.05, 0.1) is 24.8 Å². The van der Waals surface area contributed by atoms with Crippen LogP contribution in [0.3, 0.4) is 0 Å². The van der Waals surface area contributed by atoms with Crippen molar-refractivity contribution in [2.45, 2.75) is 26.9 Å². The van der Waals surface area contributed by atoms with Crippen LogP contribution in [0.1, 0.15) is 32.6 Å². The second kappa shape index (κ2) is 10.1. The monoisotopic (exact) mass is 488 g/mol. The van der Waals surface area contributed by atoms with Crippen molar-refractivity contribution < 1.29 is 13.2 Å². The van der Waals surface area contributed by atoms with E-state index in [0.29, 0.717) is 17.8 Å². The minimum absolute atomic E-state index is 0.187. The van der Waals surface area contributed by atoms with Gasteiger partial charge in [0.2, 0.25) is 10.0 Å². The molecule has 0 radical (unpaired) electrons. The summed E-state index contributed by atoms with van der Waals surface area (Å²) in [4.78, 5) is 16.7. The quantitative estimate of drug-likeness (QED) is 0.399. The van der Waals surface area contributed by atoms with Gasteiger partial charge < -0.3 is 9.88 Å². The fourth-order valence-corrected chi connectivity index (χ4v) is 4.57. The maximum Gasteiger partial charge on any atom is 0.251 e. The smallest absolute Gasteiger partial charge is 0.251 e. The van der Waals surface area contributed by atoms with Crippen LogP contribution in [-0.4, -0.2) is 30.1 Å². The molecule has 180 valence electrons. The third kappa shape index (κ3) is 5.96. The molecular weight excluding hydrogens is 460 g/mol. The molecule has 0 aliphatic heterocycles. The van der Waals surface area contributed by atoms with Crippen molar-refractivity contribution in [3.05, 3.63) is 113 Å². The summed E-state index contributed by atoms with van der Waals surface area (Å²) in [6.07, 6.45) is 6.53. The van der Waals surface area contributed by atoms with Gasteiger partial charge in [-0.3, -0.25) is 9.10 Å². The summed E-state index contributed by atoms with van der Waals surface area (Å²) in [5.74, 6) is -0.190. The Balaban J connectivity index is 1.40.